The fourth-order valence-electron chi connectivity index (χ4n) is 5.89. The van der Waals surface area contributed by atoms with Crippen LogP contribution in [0.3, 0.4) is 0 Å². The second-order valence-corrected chi connectivity index (χ2v) is 10.2. The number of hydrogen-bond donors (Lipinski definition) is 2. The molecule has 2 bridgehead atoms. The molecule has 1 saturated carbocycles. The van der Waals surface area contributed by atoms with E-state index in [1.165, 1.54) is 48.8 Å². The van der Waals surface area contributed by atoms with Crippen LogP contribution >= 0.6 is 0 Å². The minimum Gasteiger partial charge on any atom is -0.508 e. The summed E-state index contributed by atoms with van der Waals surface area (Å²) < 4.78 is 31.1. The predicted octanol–water partition coefficient (Wildman–Crippen LogP) is 3.75. The van der Waals surface area contributed by atoms with E-state index in [0.717, 1.165) is 25.4 Å². The first kappa shape index (κ1) is 20.4. The monoisotopic (exact) mass is 419 g/mol. The van der Waals surface area contributed by atoms with Gasteiger partial charge in [-0.3, -0.25) is 9.45 Å². The minimum absolute atomic E-state index is 0.308. The molecule has 2 N–H and O–H groups in total. The summed E-state index contributed by atoms with van der Waals surface area (Å²) in [5.74, 6) is 1.17. The highest BCUT2D eigenvalue weighted by Gasteiger charge is 2.53. The lowest BCUT2D eigenvalue weighted by Crippen LogP contribution is -2.60. The van der Waals surface area contributed by atoms with E-state index in [-0.39, 0.29) is 0 Å². The first-order chi connectivity index (χ1) is 13.8. The fraction of sp³-hybridized carbons (Fsp3) is 0.545. The van der Waals surface area contributed by atoms with Crippen molar-refractivity contribution in [3.05, 3.63) is 53.5 Å². The minimum atomic E-state index is -3.67. The van der Waals surface area contributed by atoms with Crippen molar-refractivity contribution in [1.82, 2.24) is 4.90 Å². The lowest BCUT2D eigenvalue weighted by molar-refractivity contribution is -0.0158. The van der Waals surface area contributed by atoms with Gasteiger partial charge in [-0.1, -0.05) is 18.9 Å². The Kier molecular flexibility index (Phi) is 5.48. The average molecular weight is 420 g/mol. The van der Waals surface area contributed by atoms with Crippen LogP contribution in [0.2, 0.25) is 0 Å². The van der Waals surface area contributed by atoms with Crippen LogP contribution in [-0.2, 0) is 28.5 Å². The quantitative estimate of drug-likeness (QED) is 0.721. The maximum Gasteiger partial charge on any atom is 0.261 e. The Bertz CT molecular complexity index is 948. The number of piperidine rings is 1. The number of phenols is 1. The zero-order valence-electron chi connectivity index (χ0n) is 16.8. The summed E-state index contributed by atoms with van der Waals surface area (Å²) in [6.45, 7) is 2.16. The molecule has 1 aromatic carbocycles. The summed E-state index contributed by atoms with van der Waals surface area (Å²) in [5.41, 5.74) is 4.52. The average Bonchev–Trinajstić information content (AvgIpc) is 3.16. The van der Waals surface area contributed by atoms with Crippen LogP contribution in [0.5, 0.6) is 5.75 Å². The molecule has 0 amide bonds. The van der Waals surface area contributed by atoms with Crippen LogP contribution in [0, 0.1) is 5.92 Å². The SMILES string of the molecule is CS(=O)(=O)O.Oc1ccc2c(c1)[C@@]13CCCC[C@H]1[C@@H](C2)N(Cc1ccoc1)CC3. The van der Waals surface area contributed by atoms with Crippen molar-refractivity contribution in [3.8, 4) is 5.75 Å². The van der Waals surface area contributed by atoms with Crippen molar-refractivity contribution in [1.29, 1.82) is 0 Å². The lowest BCUT2D eigenvalue weighted by Gasteiger charge is -2.59. The van der Waals surface area contributed by atoms with Gasteiger partial charge < -0.3 is 9.52 Å². The highest BCUT2D eigenvalue weighted by molar-refractivity contribution is 7.85. The molecule has 2 aliphatic carbocycles. The van der Waals surface area contributed by atoms with Gasteiger partial charge in [0, 0.05) is 23.6 Å². The van der Waals surface area contributed by atoms with Crippen LogP contribution in [-0.4, -0.2) is 41.8 Å². The molecule has 3 atom stereocenters. The van der Waals surface area contributed by atoms with Gasteiger partial charge >= 0.3 is 0 Å². The molecule has 158 valence electrons. The Labute approximate surface area is 172 Å². The van der Waals surface area contributed by atoms with Gasteiger partial charge in [0.15, 0.2) is 0 Å². The molecule has 2 heterocycles. The van der Waals surface area contributed by atoms with E-state index in [0.29, 0.717) is 23.5 Å². The molecule has 7 heteroatoms. The Morgan fingerprint density at radius 2 is 2.03 bits per heavy atom. The Hall–Kier alpha value is -1.83. The topological polar surface area (TPSA) is 91.0 Å². The molecular weight excluding hydrogens is 390 g/mol. The maximum absolute atomic E-state index is 10.1. The molecule has 0 unspecified atom stereocenters. The number of furan rings is 1. The molecular formula is C22H29NO5S. The zero-order chi connectivity index (χ0) is 20.6. The molecule has 1 aliphatic heterocycles. The lowest BCUT2D eigenvalue weighted by atomic mass is 9.52. The van der Waals surface area contributed by atoms with Crippen LogP contribution in [0.4, 0.5) is 0 Å². The molecule has 6 nitrogen and oxygen atoms in total. The number of phenolic OH excluding ortho intramolecular Hbond substituents is 1. The largest absolute Gasteiger partial charge is 0.508 e. The number of benzene rings is 1. The first-order valence-corrected chi connectivity index (χ1v) is 12.1. The maximum atomic E-state index is 10.1. The second-order valence-electron chi connectivity index (χ2n) is 8.71. The molecule has 1 saturated heterocycles. The van der Waals surface area contributed by atoms with Gasteiger partial charge in [-0.15, -0.1) is 0 Å². The summed E-state index contributed by atoms with van der Waals surface area (Å²) in [6.07, 6.45) is 12.1. The third kappa shape index (κ3) is 4.22. The standard InChI is InChI=1S/C21H25NO2.CH4O3S/c23-17-5-4-16-11-20-18-3-1-2-7-21(18,19(16)12-17)8-9-22(20)13-15-6-10-24-14-15;1-5(2,3)4/h4-6,10,12,14,18,20,23H,1-3,7-9,11,13H2;1H3,(H,2,3,4)/t18-,20+,21+;/m0./s1. The number of hydrogen-bond acceptors (Lipinski definition) is 5. The summed E-state index contributed by atoms with van der Waals surface area (Å²) in [6, 6.07) is 8.85. The van der Waals surface area contributed by atoms with Crippen molar-refractivity contribution >= 4 is 10.1 Å². The zero-order valence-corrected chi connectivity index (χ0v) is 17.6. The van der Waals surface area contributed by atoms with E-state index in [2.05, 4.69) is 23.1 Å². The van der Waals surface area contributed by atoms with E-state index >= 15 is 0 Å². The number of rotatable bonds is 2. The first-order valence-electron chi connectivity index (χ1n) is 10.3. The van der Waals surface area contributed by atoms with E-state index in [1.807, 2.05) is 12.3 Å². The number of fused-ring (bicyclic) bond motifs is 1. The number of likely N-dealkylation sites (tertiary alicyclic amines) is 1. The Morgan fingerprint density at radius 1 is 1.24 bits per heavy atom. The highest BCUT2D eigenvalue weighted by atomic mass is 32.2. The third-order valence-corrected chi connectivity index (χ3v) is 6.90. The van der Waals surface area contributed by atoms with Gasteiger partial charge in [0.1, 0.15) is 5.75 Å². The molecule has 3 aliphatic rings. The van der Waals surface area contributed by atoms with Crippen LogP contribution in [0.1, 0.15) is 48.8 Å². The Morgan fingerprint density at radius 3 is 2.76 bits per heavy atom. The highest BCUT2D eigenvalue weighted by Crippen LogP contribution is 2.56. The van der Waals surface area contributed by atoms with Gasteiger partial charge in [0.2, 0.25) is 0 Å². The van der Waals surface area contributed by atoms with Crippen molar-refractivity contribution in [2.75, 3.05) is 12.8 Å². The number of nitrogens with zero attached hydrogens (tertiary/aromatic N) is 1. The van der Waals surface area contributed by atoms with Gasteiger partial charge in [-0.25, -0.2) is 0 Å². The Balaban J connectivity index is 0.000000369. The number of aromatic hydroxyl groups is 1. The van der Waals surface area contributed by atoms with Gasteiger partial charge in [0.25, 0.3) is 10.1 Å². The molecule has 5 rings (SSSR count). The van der Waals surface area contributed by atoms with Gasteiger partial charge in [0.05, 0.1) is 18.8 Å². The normalized spacial score (nSPS) is 28.6. The van der Waals surface area contributed by atoms with Crippen molar-refractivity contribution < 1.29 is 22.5 Å². The van der Waals surface area contributed by atoms with Crippen molar-refractivity contribution in [2.24, 2.45) is 5.92 Å². The molecule has 29 heavy (non-hydrogen) atoms. The van der Waals surface area contributed by atoms with Crippen LogP contribution < -0.4 is 0 Å². The molecule has 2 aromatic rings. The summed E-state index contributed by atoms with van der Waals surface area (Å²) in [5, 5.41) is 10.1. The third-order valence-electron chi connectivity index (χ3n) is 6.90. The predicted molar refractivity (Wildman–Crippen MR) is 110 cm³/mol. The van der Waals surface area contributed by atoms with Gasteiger partial charge in [-0.2, -0.15) is 8.42 Å². The summed E-state index contributed by atoms with van der Waals surface area (Å²) in [4.78, 5) is 2.69. The molecule has 0 radical (unpaired) electrons. The summed E-state index contributed by atoms with van der Waals surface area (Å²) in [7, 11) is -3.67. The fourth-order valence-corrected chi connectivity index (χ4v) is 5.89. The van der Waals surface area contributed by atoms with E-state index in [4.69, 9.17) is 8.97 Å². The van der Waals surface area contributed by atoms with E-state index < -0.39 is 10.1 Å². The summed E-state index contributed by atoms with van der Waals surface area (Å²) >= 11 is 0. The molecule has 1 aromatic heterocycles. The van der Waals surface area contributed by atoms with E-state index in [1.54, 1.807) is 6.26 Å². The second kappa shape index (κ2) is 7.78. The van der Waals surface area contributed by atoms with Crippen molar-refractivity contribution in [3.63, 3.8) is 0 Å². The smallest absolute Gasteiger partial charge is 0.261 e. The van der Waals surface area contributed by atoms with Crippen LogP contribution in [0.15, 0.2) is 41.2 Å². The molecule has 0 spiro atoms. The van der Waals surface area contributed by atoms with Gasteiger partial charge in [-0.05, 0) is 67.5 Å². The van der Waals surface area contributed by atoms with E-state index in [9.17, 15) is 13.5 Å². The van der Waals surface area contributed by atoms with Crippen molar-refractivity contribution in [2.45, 2.75) is 56.5 Å². The van der Waals surface area contributed by atoms with Crippen LogP contribution in [0.25, 0.3) is 0 Å². The molecule has 2 fully saturated rings.